The van der Waals surface area contributed by atoms with Gasteiger partial charge in [0.2, 0.25) is 0 Å². The van der Waals surface area contributed by atoms with Gasteiger partial charge in [0.25, 0.3) is 0 Å². The minimum Gasteiger partial charge on any atom is -0.330 e. The summed E-state index contributed by atoms with van der Waals surface area (Å²) in [5.74, 6) is 0. The van der Waals surface area contributed by atoms with E-state index in [0.29, 0.717) is 6.54 Å². The molecule has 1 heterocycles. The Morgan fingerprint density at radius 1 is 0.958 bits per heavy atom. The summed E-state index contributed by atoms with van der Waals surface area (Å²) < 4.78 is 1.93. The van der Waals surface area contributed by atoms with Gasteiger partial charge in [-0.25, -0.2) is 4.68 Å². The van der Waals surface area contributed by atoms with Crippen LogP contribution in [0, 0.1) is 0 Å². The molecule has 0 atom stereocenters. The summed E-state index contributed by atoms with van der Waals surface area (Å²) in [6, 6.07) is 6.95. The van der Waals surface area contributed by atoms with Crippen LogP contribution in [0.2, 0.25) is 0 Å². The SMILES string of the molecule is CC(C)(C)c1cc(Cn2cc(CCCN)nn2)cc(C(C)(C)C)c1. The summed E-state index contributed by atoms with van der Waals surface area (Å²) >= 11 is 0. The van der Waals surface area contributed by atoms with Gasteiger partial charge in [-0.2, -0.15) is 0 Å². The molecule has 0 fully saturated rings. The third kappa shape index (κ3) is 4.91. The molecule has 2 N–H and O–H groups in total. The highest BCUT2D eigenvalue weighted by atomic mass is 15.4. The second-order valence-corrected chi connectivity index (χ2v) is 8.72. The zero-order valence-electron chi connectivity index (χ0n) is 16.1. The maximum atomic E-state index is 5.57. The Morgan fingerprint density at radius 2 is 1.54 bits per heavy atom. The number of nitrogens with two attached hydrogens (primary N) is 1. The maximum Gasteiger partial charge on any atom is 0.0827 e. The number of rotatable bonds is 5. The summed E-state index contributed by atoms with van der Waals surface area (Å²) in [5.41, 5.74) is 10.9. The molecule has 2 rings (SSSR count). The minimum absolute atomic E-state index is 0.130. The van der Waals surface area contributed by atoms with Gasteiger partial charge >= 0.3 is 0 Å². The van der Waals surface area contributed by atoms with E-state index in [-0.39, 0.29) is 10.8 Å². The van der Waals surface area contributed by atoms with Crippen LogP contribution >= 0.6 is 0 Å². The summed E-state index contributed by atoms with van der Waals surface area (Å²) in [6.07, 6.45) is 3.88. The molecule has 0 saturated heterocycles. The van der Waals surface area contributed by atoms with Crippen molar-refractivity contribution in [1.82, 2.24) is 15.0 Å². The van der Waals surface area contributed by atoms with Gasteiger partial charge in [-0.1, -0.05) is 65.0 Å². The molecule has 1 aromatic heterocycles. The Hall–Kier alpha value is -1.68. The molecular formula is C20H32N4. The lowest BCUT2D eigenvalue weighted by Gasteiger charge is -2.26. The normalized spacial score (nSPS) is 12.6. The van der Waals surface area contributed by atoms with Gasteiger partial charge in [0, 0.05) is 6.20 Å². The first-order valence-electron chi connectivity index (χ1n) is 8.83. The zero-order chi connectivity index (χ0) is 18.0. The van der Waals surface area contributed by atoms with E-state index >= 15 is 0 Å². The van der Waals surface area contributed by atoms with Crippen LogP contribution in [-0.4, -0.2) is 21.5 Å². The van der Waals surface area contributed by atoms with Crippen LogP contribution in [0.15, 0.2) is 24.4 Å². The van der Waals surface area contributed by atoms with Crippen molar-refractivity contribution in [3.05, 3.63) is 46.8 Å². The van der Waals surface area contributed by atoms with Crippen molar-refractivity contribution in [3.8, 4) is 0 Å². The van der Waals surface area contributed by atoms with Gasteiger partial charge in [-0.15, -0.1) is 5.10 Å². The molecule has 0 aliphatic carbocycles. The molecule has 0 radical (unpaired) electrons. The van der Waals surface area contributed by atoms with E-state index in [1.807, 2.05) is 10.9 Å². The predicted octanol–water partition coefficient (Wildman–Crippen LogP) is 3.81. The molecule has 0 saturated carbocycles. The van der Waals surface area contributed by atoms with Crippen LogP contribution in [0.5, 0.6) is 0 Å². The summed E-state index contributed by atoms with van der Waals surface area (Å²) in [6.45, 7) is 15.0. The minimum atomic E-state index is 0.130. The fraction of sp³-hybridized carbons (Fsp3) is 0.600. The van der Waals surface area contributed by atoms with Gasteiger partial charge in [0.05, 0.1) is 12.2 Å². The van der Waals surface area contributed by atoms with Crippen LogP contribution in [0.1, 0.15) is 70.3 Å². The number of hydrogen-bond donors (Lipinski definition) is 1. The Kier molecular flexibility index (Phi) is 5.49. The topological polar surface area (TPSA) is 56.7 Å². The Morgan fingerprint density at radius 3 is 2.04 bits per heavy atom. The fourth-order valence-electron chi connectivity index (χ4n) is 2.65. The van der Waals surface area contributed by atoms with Crippen molar-refractivity contribution >= 4 is 0 Å². The fourth-order valence-corrected chi connectivity index (χ4v) is 2.65. The lowest BCUT2D eigenvalue weighted by Crippen LogP contribution is -2.17. The standard InChI is InChI=1S/C20H32N4/c1-19(2,3)16-10-15(11-17(12-16)20(4,5)6)13-24-14-18(22-23-24)8-7-9-21/h10-12,14H,7-9,13,21H2,1-6H3. The molecule has 1 aromatic carbocycles. The molecule has 24 heavy (non-hydrogen) atoms. The first-order chi connectivity index (χ1) is 11.1. The van der Waals surface area contributed by atoms with Crippen molar-refractivity contribution in [2.75, 3.05) is 6.54 Å². The molecule has 0 unspecified atom stereocenters. The van der Waals surface area contributed by atoms with Crippen LogP contribution in [-0.2, 0) is 23.8 Å². The van der Waals surface area contributed by atoms with E-state index in [4.69, 9.17) is 5.73 Å². The Labute approximate surface area is 146 Å². The quantitative estimate of drug-likeness (QED) is 0.908. The van der Waals surface area contributed by atoms with Crippen molar-refractivity contribution in [2.24, 2.45) is 5.73 Å². The smallest absolute Gasteiger partial charge is 0.0827 e. The molecule has 132 valence electrons. The molecular weight excluding hydrogens is 296 g/mol. The van der Waals surface area contributed by atoms with Crippen LogP contribution in [0.25, 0.3) is 0 Å². The van der Waals surface area contributed by atoms with Crippen molar-refractivity contribution in [2.45, 2.75) is 71.8 Å². The third-order valence-electron chi connectivity index (χ3n) is 4.29. The van der Waals surface area contributed by atoms with Gasteiger partial charge in [-0.3, -0.25) is 0 Å². The second-order valence-electron chi connectivity index (χ2n) is 8.72. The van der Waals surface area contributed by atoms with Crippen molar-refractivity contribution in [1.29, 1.82) is 0 Å². The van der Waals surface area contributed by atoms with E-state index < -0.39 is 0 Å². The van der Waals surface area contributed by atoms with E-state index in [2.05, 4.69) is 70.1 Å². The van der Waals surface area contributed by atoms with Gasteiger partial charge in [0.1, 0.15) is 0 Å². The predicted molar refractivity (Wildman–Crippen MR) is 100 cm³/mol. The molecule has 0 bridgehead atoms. The van der Waals surface area contributed by atoms with E-state index in [0.717, 1.165) is 25.1 Å². The highest BCUT2D eigenvalue weighted by Gasteiger charge is 2.20. The van der Waals surface area contributed by atoms with Crippen LogP contribution in [0.4, 0.5) is 0 Å². The average Bonchev–Trinajstić information content (AvgIpc) is 2.90. The number of benzene rings is 1. The van der Waals surface area contributed by atoms with Crippen molar-refractivity contribution in [3.63, 3.8) is 0 Å². The monoisotopic (exact) mass is 328 g/mol. The first-order valence-corrected chi connectivity index (χ1v) is 8.83. The molecule has 0 aliphatic heterocycles. The van der Waals surface area contributed by atoms with Gasteiger partial charge in [0.15, 0.2) is 0 Å². The second kappa shape index (κ2) is 7.06. The largest absolute Gasteiger partial charge is 0.330 e. The third-order valence-corrected chi connectivity index (χ3v) is 4.29. The van der Waals surface area contributed by atoms with Crippen molar-refractivity contribution < 1.29 is 0 Å². The summed E-state index contributed by atoms with van der Waals surface area (Å²) in [7, 11) is 0. The summed E-state index contributed by atoms with van der Waals surface area (Å²) in [5, 5.41) is 8.52. The highest BCUT2D eigenvalue weighted by molar-refractivity contribution is 5.37. The van der Waals surface area contributed by atoms with E-state index in [1.165, 1.54) is 16.7 Å². The molecule has 2 aromatic rings. The van der Waals surface area contributed by atoms with Crippen LogP contribution < -0.4 is 5.73 Å². The number of hydrogen-bond acceptors (Lipinski definition) is 3. The van der Waals surface area contributed by atoms with Gasteiger partial charge in [-0.05, 0) is 46.9 Å². The molecule has 0 amide bonds. The maximum absolute atomic E-state index is 5.57. The van der Waals surface area contributed by atoms with E-state index in [9.17, 15) is 0 Å². The zero-order valence-corrected chi connectivity index (χ0v) is 16.1. The Bertz CT molecular complexity index is 639. The number of nitrogens with zero attached hydrogens (tertiary/aromatic N) is 3. The number of aromatic nitrogens is 3. The molecule has 0 aliphatic rings. The molecule has 4 nitrogen and oxygen atoms in total. The Balaban J connectivity index is 2.30. The summed E-state index contributed by atoms with van der Waals surface area (Å²) in [4.78, 5) is 0. The van der Waals surface area contributed by atoms with Crippen LogP contribution in [0.3, 0.4) is 0 Å². The lowest BCUT2D eigenvalue weighted by atomic mass is 9.79. The number of aryl methyl sites for hydroxylation is 1. The van der Waals surface area contributed by atoms with Gasteiger partial charge < -0.3 is 5.73 Å². The first kappa shape index (κ1) is 18.7. The highest BCUT2D eigenvalue weighted by Crippen LogP contribution is 2.30. The molecule has 4 heteroatoms. The lowest BCUT2D eigenvalue weighted by molar-refractivity contribution is 0.563. The average molecular weight is 329 g/mol. The molecule has 0 spiro atoms. The van der Waals surface area contributed by atoms with E-state index in [1.54, 1.807) is 0 Å².